The lowest BCUT2D eigenvalue weighted by molar-refractivity contribution is -0.117. The largest absolute Gasteiger partial charge is 0.495 e. The monoisotopic (exact) mass is 408 g/mol. The van der Waals surface area contributed by atoms with Crippen LogP contribution in [0.5, 0.6) is 5.75 Å². The Bertz CT molecular complexity index is 1010. The maximum absolute atomic E-state index is 12.2. The van der Waals surface area contributed by atoms with Crippen molar-refractivity contribution in [3.63, 3.8) is 0 Å². The zero-order valence-corrected chi connectivity index (χ0v) is 17.1. The number of nitrogens with two attached hydrogens (primary N) is 1. The van der Waals surface area contributed by atoms with Gasteiger partial charge in [-0.15, -0.1) is 0 Å². The Morgan fingerprint density at radius 1 is 1.17 bits per heavy atom. The first kappa shape index (κ1) is 20.9. The molecule has 10 heteroatoms. The topological polar surface area (TPSA) is 131 Å². The minimum absolute atomic E-state index is 0.0825. The van der Waals surface area contributed by atoms with Gasteiger partial charge in [0.25, 0.3) is 0 Å². The number of aryl methyl sites for hydroxylation is 1. The lowest BCUT2D eigenvalue weighted by Crippen LogP contribution is -2.30. The van der Waals surface area contributed by atoms with Gasteiger partial charge in [-0.05, 0) is 37.7 Å². The third kappa shape index (κ3) is 5.85. The van der Waals surface area contributed by atoms with Gasteiger partial charge < -0.3 is 21.1 Å². The molecule has 1 amide bonds. The van der Waals surface area contributed by atoms with Crippen molar-refractivity contribution in [2.24, 2.45) is 0 Å². The van der Waals surface area contributed by atoms with Crippen LogP contribution in [0.1, 0.15) is 11.4 Å². The van der Waals surface area contributed by atoms with Crippen molar-refractivity contribution < 1.29 is 9.53 Å². The third-order valence-electron chi connectivity index (χ3n) is 4.06. The normalized spacial score (nSPS) is 10.7. The average Bonchev–Trinajstić information content (AvgIpc) is 2.69. The molecule has 0 aliphatic rings. The van der Waals surface area contributed by atoms with E-state index in [-0.39, 0.29) is 18.4 Å². The van der Waals surface area contributed by atoms with E-state index < -0.39 is 0 Å². The summed E-state index contributed by atoms with van der Waals surface area (Å²) in [6.07, 6.45) is 1.70. The van der Waals surface area contributed by atoms with Crippen LogP contribution in [-0.4, -0.2) is 51.4 Å². The maximum Gasteiger partial charge on any atom is 0.239 e. The SMILES string of the molecule is COc1ccccc1Nc1nc(N)nc(CN(C)CC(=O)Nc2ccc(C)cn2)n1. The van der Waals surface area contributed by atoms with E-state index in [0.29, 0.717) is 35.6 Å². The van der Waals surface area contributed by atoms with E-state index in [1.165, 1.54) is 0 Å². The molecule has 0 spiro atoms. The minimum atomic E-state index is -0.191. The van der Waals surface area contributed by atoms with Crippen molar-refractivity contribution in [3.05, 3.63) is 54.0 Å². The fraction of sp³-hybridized carbons (Fsp3) is 0.250. The van der Waals surface area contributed by atoms with E-state index in [9.17, 15) is 4.79 Å². The number of para-hydroxylation sites is 2. The highest BCUT2D eigenvalue weighted by atomic mass is 16.5. The van der Waals surface area contributed by atoms with Crippen LogP contribution in [0.4, 0.5) is 23.4 Å². The number of likely N-dealkylation sites (N-methyl/N-ethyl adjacent to an activating group) is 1. The zero-order valence-electron chi connectivity index (χ0n) is 17.1. The molecule has 0 aliphatic heterocycles. The van der Waals surface area contributed by atoms with E-state index in [0.717, 1.165) is 5.56 Å². The van der Waals surface area contributed by atoms with Gasteiger partial charge in [-0.25, -0.2) is 4.98 Å². The molecular formula is C20H24N8O2. The van der Waals surface area contributed by atoms with E-state index in [4.69, 9.17) is 10.5 Å². The molecule has 0 atom stereocenters. The molecule has 0 bridgehead atoms. The molecule has 0 radical (unpaired) electrons. The number of pyridine rings is 1. The summed E-state index contributed by atoms with van der Waals surface area (Å²) >= 11 is 0. The van der Waals surface area contributed by atoms with Crippen molar-refractivity contribution in [2.45, 2.75) is 13.5 Å². The molecule has 0 saturated carbocycles. The van der Waals surface area contributed by atoms with Gasteiger partial charge in [0.1, 0.15) is 17.4 Å². The molecule has 0 fully saturated rings. The van der Waals surface area contributed by atoms with Crippen LogP contribution >= 0.6 is 0 Å². The fourth-order valence-corrected chi connectivity index (χ4v) is 2.70. The maximum atomic E-state index is 12.2. The van der Waals surface area contributed by atoms with Crippen molar-refractivity contribution >= 4 is 29.3 Å². The molecule has 0 unspecified atom stereocenters. The number of nitrogens with zero attached hydrogens (tertiary/aromatic N) is 5. The van der Waals surface area contributed by atoms with Crippen LogP contribution in [0.15, 0.2) is 42.6 Å². The Labute approximate surface area is 174 Å². The molecule has 2 aromatic heterocycles. The second-order valence-corrected chi connectivity index (χ2v) is 6.70. The van der Waals surface area contributed by atoms with Crippen LogP contribution in [0.2, 0.25) is 0 Å². The molecule has 4 N–H and O–H groups in total. The highest BCUT2D eigenvalue weighted by molar-refractivity contribution is 5.91. The summed E-state index contributed by atoms with van der Waals surface area (Å²) in [6, 6.07) is 11.0. The number of amides is 1. The average molecular weight is 408 g/mol. The van der Waals surface area contributed by atoms with E-state index in [1.807, 2.05) is 37.3 Å². The van der Waals surface area contributed by atoms with Crippen LogP contribution in [0.25, 0.3) is 0 Å². The Hall–Kier alpha value is -3.79. The van der Waals surface area contributed by atoms with Crippen molar-refractivity contribution in [3.8, 4) is 5.75 Å². The predicted octanol–water partition coefficient (Wildman–Crippen LogP) is 1.98. The zero-order chi connectivity index (χ0) is 21.5. The molecule has 0 saturated heterocycles. The van der Waals surface area contributed by atoms with Gasteiger partial charge in [-0.3, -0.25) is 9.69 Å². The predicted molar refractivity (Wildman–Crippen MR) is 114 cm³/mol. The lowest BCUT2D eigenvalue weighted by Gasteiger charge is -2.16. The molecule has 0 aliphatic carbocycles. The first-order valence-electron chi connectivity index (χ1n) is 9.24. The van der Waals surface area contributed by atoms with Gasteiger partial charge in [-0.1, -0.05) is 18.2 Å². The molecular weight excluding hydrogens is 384 g/mol. The number of hydrogen-bond donors (Lipinski definition) is 3. The van der Waals surface area contributed by atoms with Gasteiger partial charge >= 0.3 is 0 Å². The smallest absolute Gasteiger partial charge is 0.239 e. The molecule has 1 aromatic carbocycles. The molecule has 3 aromatic rings. The number of nitrogens with one attached hydrogen (secondary N) is 2. The number of methoxy groups -OCH3 is 1. The fourth-order valence-electron chi connectivity index (χ4n) is 2.70. The van der Waals surface area contributed by atoms with Gasteiger partial charge in [0, 0.05) is 6.20 Å². The van der Waals surface area contributed by atoms with E-state index in [1.54, 1.807) is 31.3 Å². The number of carbonyl (C=O) groups excluding carboxylic acids is 1. The number of anilines is 4. The van der Waals surface area contributed by atoms with Gasteiger partial charge in [0.15, 0.2) is 0 Å². The lowest BCUT2D eigenvalue weighted by atomic mass is 10.3. The molecule has 156 valence electrons. The van der Waals surface area contributed by atoms with E-state index >= 15 is 0 Å². The number of ether oxygens (including phenoxy) is 1. The van der Waals surface area contributed by atoms with Crippen LogP contribution < -0.4 is 21.1 Å². The van der Waals surface area contributed by atoms with Crippen LogP contribution in [0.3, 0.4) is 0 Å². The number of carbonyl (C=O) groups is 1. The van der Waals surface area contributed by atoms with Gasteiger partial charge in [0.05, 0.1) is 25.9 Å². The number of nitrogen functional groups attached to an aromatic ring is 1. The second-order valence-electron chi connectivity index (χ2n) is 6.70. The number of rotatable bonds is 8. The second kappa shape index (κ2) is 9.61. The number of aromatic nitrogens is 4. The summed E-state index contributed by atoms with van der Waals surface area (Å²) in [4.78, 5) is 30.9. The molecule has 2 heterocycles. The Morgan fingerprint density at radius 3 is 2.70 bits per heavy atom. The highest BCUT2D eigenvalue weighted by Gasteiger charge is 2.12. The van der Waals surface area contributed by atoms with E-state index in [2.05, 4.69) is 30.6 Å². The Balaban J connectivity index is 1.63. The number of hydrogen-bond acceptors (Lipinski definition) is 9. The van der Waals surface area contributed by atoms with Gasteiger partial charge in [-0.2, -0.15) is 15.0 Å². The summed E-state index contributed by atoms with van der Waals surface area (Å²) in [5.41, 5.74) is 7.56. The van der Waals surface area contributed by atoms with Crippen LogP contribution in [0, 0.1) is 6.92 Å². The standard InChI is InChI=1S/C20H24N8O2/c1-13-8-9-16(22-10-13)24-18(29)12-28(2)11-17-25-19(21)27-20(26-17)23-14-6-4-5-7-15(14)30-3/h4-10H,11-12H2,1-3H3,(H,22,24,29)(H3,21,23,25,26,27). The summed E-state index contributed by atoms with van der Waals surface area (Å²) in [5, 5.41) is 5.84. The van der Waals surface area contributed by atoms with Crippen molar-refractivity contribution in [1.29, 1.82) is 0 Å². The summed E-state index contributed by atoms with van der Waals surface area (Å²) < 4.78 is 5.32. The van der Waals surface area contributed by atoms with Crippen molar-refractivity contribution in [1.82, 2.24) is 24.8 Å². The summed E-state index contributed by atoms with van der Waals surface area (Å²) in [7, 11) is 3.37. The van der Waals surface area contributed by atoms with Gasteiger partial charge in [0.2, 0.25) is 17.8 Å². The molecule has 10 nitrogen and oxygen atoms in total. The Morgan fingerprint density at radius 2 is 1.97 bits per heavy atom. The quantitative estimate of drug-likeness (QED) is 0.512. The number of benzene rings is 1. The highest BCUT2D eigenvalue weighted by Crippen LogP contribution is 2.25. The minimum Gasteiger partial charge on any atom is -0.495 e. The summed E-state index contributed by atoms with van der Waals surface area (Å²) in [5.74, 6) is 1.78. The van der Waals surface area contributed by atoms with Crippen LogP contribution in [-0.2, 0) is 11.3 Å². The molecule has 30 heavy (non-hydrogen) atoms. The van der Waals surface area contributed by atoms with Crippen molar-refractivity contribution in [2.75, 3.05) is 37.1 Å². The first-order valence-corrected chi connectivity index (χ1v) is 9.24. The summed E-state index contributed by atoms with van der Waals surface area (Å²) in [6.45, 7) is 2.38. The molecule has 3 rings (SSSR count). The Kier molecular flexibility index (Phi) is 6.71. The first-order chi connectivity index (χ1) is 14.4. The third-order valence-corrected chi connectivity index (χ3v) is 4.06.